The molecule has 0 heterocycles. The topological polar surface area (TPSA) is 0 Å². The largest absolute Gasteiger partial charge is 0.0795 e. The van der Waals surface area contributed by atoms with Crippen molar-refractivity contribution in [3.05, 3.63) is 41.4 Å². The molecule has 0 nitrogen and oxygen atoms in total. The van der Waals surface area contributed by atoms with Gasteiger partial charge in [0.2, 0.25) is 0 Å². The van der Waals surface area contributed by atoms with Crippen LogP contribution in [0.4, 0.5) is 0 Å². The summed E-state index contributed by atoms with van der Waals surface area (Å²) >= 11 is 0. The average molecular weight is 121 g/mol. The summed E-state index contributed by atoms with van der Waals surface area (Å²) in [5, 5.41) is 0. The van der Waals surface area contributed by atoms with E-state index in [1.807, 2.05) is 0 Å². The van der Waals surface area contributed by atoms with Crippen molar-refractivity contribution in [2.24, 2.45) is 0 Å². The van der Waals surface area contributed by atoms with Crippen LogP contribution < -0.4 is 0 Å². The average Bonchev–Trinajstić information content (AvgIpc) is 2.30. The fourth-order valence-electron chi connectivity index (χ4n) is 0.806. The summed E-state index contributed by atoms with van der Waals surface area (Å²) in [6.45, 7) is 0. The van der Waals surface area contributed by atoms with Crippen molar-refractivity contribution < 1.29 is 6.85 Å². The molecule has 2 rings (SSSR count). The van der Waals surface area contributed by atoms with Crippen molar-refractivity contribution in [2.75, 3.05) is 0 Å². The fraction of sp³-hybridized carbons (Fsp3) is 0.111. The molecule has 0 atom stereocenters. The van der Waals surface area contributed by atoms with E-state index in [-0.39, 0.29) is 29.3 Å². The van der Waals surface area contributed by atoms with E-state index in [1.54, 1.807) is 6.07 Å². The lowest BCUT2D eigenvalue weighted by Crippen LogP contribution is -1.76. The lowest BCUT2D eigenvalue weighted by Gasteiger charge is -1.93. The Morgan fingerprint density at radius 1 is 1.56 bits per heavy atom. The standard InChI is InChI=1S/C9H8/c1-2-5-9-7-3-6-8(9)4-1/h1-6H,7H2/i3D,4D,6D,7D2. The number of hydrogen-bond donors (Lipinski definition) is 0. The Labute approximate surface area is 61.9 Å². The first-order valence-corrected chi connectivity index (χ1v) is 2.74. The van der Waals surface area contributed by atoms with Gasteiger partial charge in [0.25, 0.3) is 0 Å². The van der Waals surface area contributed by atoms with Crippen LogP contribution in [-0.4, -0.2) is 0 Å². The van der Waals surface area contributed by atoms with Gasteiger partial charge in [-0.1, -0.05) is 36.3 Å². The van der Waals surface area contributed by atoms with Gasteiger partial charge < -0.3 is 0 Å². The molecule has 1 aromatic rings. The number of benzene rings is 1. The Balaban J connectivity index is 2.80. The molecule has 0 fully saturated rings. The maximum atomic E-state index is 7.62. The zero-order valence-electron chi connectivity index (χ0n) is 9.73. The molecule has 0 aromatic heterocycles. The highest BCUT2D eigenvalue weighted by atomic mass is 14.0. The normalized spacial score (nSPS) is 29.6. The Hall–Kier alpha value is -1.04. The van der Waals surface area contributed by atoms with Crippen LogP contribution in [0.15, 0.2) is 30.3 Å². The summed E-state index contributed by atoms with van der Waals surface area (Å²) in [6, 6.07) is 4.19. The number of rotatable bonds is 0. The molecule has 9 heavy (non-hydrogen) atoms. The molecule has 1 aliphatic rings. The number of hydrogen-bond acceptors (Lipinski definition) is 0. The van der Waals surface area contributed by atoms with Gasteiger partial charge in [-0.2, -0.15) is 0 Å². The summed E-state index contributed by atoms with van der Waals surface area (Å²) in [4.78, 5) is 0. The summed E-state index contributed by atoms with van der Waals surface area (Å²) in [7, 11) is 0. The highest BCUT2D eigenvalue weighted by molar-refractivity contribution is 5.59. The van der Waals surface area contributed by atoms with Gasteiger partial charge in [0, 0.05) is 2.74 Å². The Morgan fingerprint density at radius 2 is 2.56 bits per heavy atom. The lowest BCUT2D eigenvalue weighted by molar-refractivity contribution is 1.31. The number of allylic oxidation sites excluding steroid dienone is 1. The molecule has 0 saturated carbocycles. The van der Waals surface area contributed by atoms with Gasteiger partial charge in [0.05, 0.1) is 4.11 Å². The Kier molecular flexibility index (Phi) is 0.380. The van der Waals surface area contributed by atoms with Crippen molar-refractivity contribution in [2.45, 2.75) is 6.37 Å². The first-order chi connectivity index (χ1) is 6.46. The van der Waals surface area contributed by atoms with Crippen LogP contribution in [0.1, 0.15) is 18.0 Å². The monoisotopic (exact) mass is 121 g/mol. The summed E-state index contributed by atoms with van der Waals surface area (Å²) < 4.78 is 37.8. The maximum absolute atomic E-state index is 7.62. The number of fused-ring (bicyclic) bond motifs is 1. The van der Waals surface area contributed by atoms with Crippen molar-refractivity contribution in [3.8, 4) is 0 Å². The Morgan fingerprint density at radius 3 is 3.44 bits per heavy atom. The van der Waals surface area contributed by atoms with Crippen molar-refractivity contribution in [1.82, 2.24) is 0 Å². The second kappa shape index (κ2) is 1.73. The minimum absolute atomic E-state index is 0.110. The summed E-state index contributed by atoms with van der Waals surface area (Å²) in [6.07, 6.45) is -1.91. The Bertz CT molecular complexity index is 433. The molecule has 0 saturated heterocycles. The second-order valence-electron chi connectivity index (χ2n) is 1.83. The molecular weight excluding hydrogens is 108 g/mol. The van der Waals surface area contributed by atoms with Gasteiger partial charge in [-0.3, -0.25) is 0 Å². The molecule has 0 radical (unpaired) electrons. The van der Waals surface area contributed by atoms with E-state index in [1.165, 1.54) is 12.1 Å². The smallest absolute Gasteiger partial charge is 0.0629 e. The van der Waals surface area contributed by atoms with E-state index >= 15 is 0 Å². The quantitative estimate of drug-likeness (QED) is 0.494. The van der Waals surface area contributed by atoms with E-state index in [0.717, 1.165) is 0 Å². The third-order valence-corrected chi connectivity index (χ3v) is 1.24. The van der Waals surface area contributed by atoms with Crippen LogP contribution in [0, 0.1) is 0 Å². The van der Waals surface area contributed by atoms with Gasteiger partial charge in [-0.05, 0) is 17.5 Å². The molecule has 44 valence electrons. The van der Waals surface area contributed by atoms with Crippen molar-refractivity contribution >= 4 is 6.05 Å². The third-order valence-electron chi connectivity index (χ3n) is 1.24. The molecule has 0 aliphatic heterocycles. The van der Waals surface area contributed by atoms with Crippen LogP contribution in [0.3, 0.4) is 0 Å². The van der Waals surface area contributed by atoms with Gasteiger partial charge in [0.15, 0.2) is 0 Å². The molecule has 0 spiro atoms. The van der Waals surface area contributed by atoms with Crippen LogP contribution in [0.2, 0.25) is 0 Å². The molecular formula is C9H8. The van der Waals surface area contributed by atoms with E-state index in [2.05, 4.69) is 0 Å². The van der Waals surface area contributed by atoms with Crippen molar-refractivity contribution in [3.63, 3.8) is 0 Å². The highest BCUT2D eigenvalue weighted by Crippen LogP contribution is 2.17. The minimum Gasteiger partial charge on any atom is -0.0795 e. The predicted molar refractivity (Wildman–Crippen MR) is 39.2 cm³/mol. The molecule has 0 N–H and O–H groups in total. The van der Waals surface area contributed by atoms with Gasteiger partial charge >= 0.3 is 0 Å². The maximum Gasteiger partial charge on any atom is 0.0629 e. The second-order valence-corrected chi connectivity index (χ2v) is 1.83. The van der Waals surface area contributed by atoms with E-state index in [9.17, 15) is 0 Å². The first kappa shape index (κ1) is 1.98. The van der Waals surface area contributed by atoms with Crippen LogP contribution in [0.5, 0.6) is 0 Å². The van der Waals surface area contributed by atoms with E-state index in [0.29, 0.717) is 0 Å². The lowest BCUT2D eigenvalue weighted by atomic mass is 10.1. The molecule has 1 aliphatic carbocycles. The van der Waals surface area contributed by atoms with Crippen LogP contribution in [0.25, 0.3) is 6.05 Å². The zero-order chi connectivity index (χ0) is 10.5. The first-order valence-electron chi connectivity index (χ1n) is 5.24. The van der Waals surface area contributed by atoms with E-state index in [4.69, 9.17) is 6.85 Å². The van der Waals surface area contributed by atoms with Crippen LogP contribution in [-0.2, 0) is 6.37 Å². The summed E-state index contributed by atoms with van der Waals surface area (Å²) in [5.41, 5.74) is 0.516. The van der Waals surface area contributed by atoms with Crippen molar-refractivity contribution in [1.29, 1.82) is 0 Å². The highest BCUT2D eigenvalue weighted by Gasteiger charge is 2.00. The zero-order valence-corrected chi connectivity index (χ0v) is 4.73. The molecule has 0 unspecified atom stereocenters. The minimum atomic E-state index is -1.91. The van der Waals surface area contributed by atoms with Crippen LogP contribution >= 0.6 is 0 Å². The predicted octanol–water partition coefficient (Wildman–Crippen LogP) is 2.26. The molecule has 0 bridgehead atoms. The van der Waals surface area contributed by atoms with Gasteiger partial charge in [0.1, 0.15) is 0 Å². The third kappa shape index (κ3) is 0.672. The van der Waals surface area contributed by atoms with Gasteiger partial charge in [-0.15, -0.1) is 0 Å². The molecule has 1 aromatic carbocycles. The molecule has 0 heteroatoms. The SMILES string of the molecule is [2H]C1=C([2H])C([2H])([2H])c2cccc([2H])c21. The van der Waals surface area contributed by atoms with E-state index < -0.39 is 6.37 Å². The summed E-state index contributed by atoms with van der Waals surface area (Å²) in [5.74, 6) is 0. The van der Waals surface area contributed by atoms with Gasteiger partial charge in [-0.25, -0.2) is 0 Å². The molecule has 0 amide bonds. The fourth-order valence-corrected chi connectivity index (χ4v) is 0.806.